The third-order valence-corrected chi connectivity index (χ3v) is 1.90. The third-order valence-electron chi connectivity index (χ3n) is 1.90. The smallest absolute Gasteiger partial charge is 0.303 e. The van der Waals surface area contributed by atoms with Gasteiger partial charge in [-0.1, -0.05) is 6.92 Å². The van der Waals surface area contributed by atoms with Crippen molar-refractivity contribution in [2.45, 2.75) is 38.6 Å². The SMILES string of the molecule is CCC(CCO)NC(=O)CCC(=O)O. The predicted octanol–water partition coefficient (Wildman–Crippen LogP) is 0.128. The van der Waals surface area contributed by atoms with Gasteiger partial charge in [0.05, 0.1) is 6.42 Å². The highest BCUT2D eigenvalue weighted by Gasteiger charge is 2.10. The van der Waals surface area contributed by atoms with E-state index < -0.39 is 5.97 Å². The van der Waals surface area contributed by atoms with Crippen LogP contribution >= 0.6 is 0 Å². The Balaban J connectivity index is 3.72. The molecule has 0 saturated carbocycles. The van der Waals surface area contributed by atoms with E-state index in [-0.39, 0.29) is 31.4 Å². The molecule has 0 spiro atoms. The Kier molecular flexibility index (Phi) is 6.74. The van der Waals surface area contributed by atoms with Crippen molar-refractivity contribution in [2.75, 3.05) is 6.61 Å². The second-order valence-electron chi connectivity index (χ2n) is 3.08. The van der Waals surface area contributed by atoms with E-state index in [4.69, 9.17) is 10.2 Å². The summed E-state index contributed by atoms with van der Waals surface area (Å²) in [6, 6.07) is -0.0544. The van der Waals surface area contributed by atoms with Crippen LogP contribution in [0.15, 0.2) is 0 Å². The molecule has 5 nitrogen and oxygen atoms in total. The van der Waals surface area contributed by atoms with Crippen LogP contribution in [0.1, 0.15) is 32.6 Å². The van der Waals surface area contributed by atoms with E-state index in [1.165, 1.54) is 0 Å². The van der Waals surface area contributed by atoms with Crippen molar-refractivity contribution in [3.05, 3.63) is 0 Å². The fraction of sp³-hybridized carbons (Fsp3) is 0.778. The molecule has 0 aliphatic rings. The fourth-order valence-corrected chi connectivity index (χ4v) is 1.05. The molecule has 1 unspecified atom stereocenters. The molecule has 1 amide bonds. The lowest BCUT2D eigenvalue weighted by molar-refractivity contribution is -0.138. The fourth-order valence-electron chi connectivity index (χ4n) is 1.05. The van der Waals surface area contributed by atoms with Crippen molar-refractivity contribution in [3.63, 3.8) is 0 Å². The van der Waals surface area contributed by atoms with Gasteiger partial charge < -0.3 is 15.5 Å². The first-order valence-electron chi connectivity index (χ1n) is 4.72. The summed E-state index contributed by atoms with van der Waals surface area (Å²) in [5.74, 6) is -1.25. The zero-order valence-corrected chi connectivity index (χ0v) is 8.32. The van der Waals surface area contributed by atoms with Crippen LogP contribution in [0.4, 0.5) is 0 Å². The maximum absolute atomic E-state index is 11.1. The Hall–Kier alpha value is -1.10. The van der Waals surface area contributed by atoms with Crippen LogP contribution in [0.25, 0.3) is 0 Å². The normalized spacial score (nSPS) is 12.1. The van der Waals surface area contributed by atoms with Crippen molar-refractivity contribution in [1.82, 2.24) is 5.32 Å². The van der Waals surface area contributed by atoms with Crippen LogP contribution in [-0.4, -0.2) is 34.7 Å². The second kappa shape index (κ2) is 7.32. The van der Waals surface area contributed by atoms with E-state index in [0.29, 0.717) is 6.42 Å². The summed E-state index contributed by atoms with van der Waals surface area (Å²) < 4.78 is 0. The first-order chi connectivity index (χ1) is 6.60. The molecule has 0 heterocycles. The van der Waals surface area contributed by atoms with Crippen LogP contribution in [0.2, 0.25) is 0 Å². The van der Waals surface area contributed by atoms with E-state index >= 15 is 0 Å². The molecule has 0 saturated heterocycles. The molecule has 0 aromatic rings. The van der Waals surface area contributed by atoms with Crippen molar-refractivity contribution < 1.29 is 19.8 Å². The molecule has 0 bridgehead atoms. The Morgan fingerprint density at radius 1 is 1.36 bits per heavy atom. The van der Waals surface area contributed by atoms with Crippen molar-refractivity contribution >= 4 is 11.9 Å². The molecule has 3 N–H and O–H groups in total. The monoisotopic (exact) mass is 203 g/mol. The van der Waals surface area contributed by atoms with Gasteiger partial charge in [0.1, 0.15) is 0 Å². The molecular weight excluding hydrogens is 186 g/mol. The number of aliphatic hydroxyl groups excluding tert-OH is 1. The molecule has 1 atom stereocenters. The molecule has 0 aromatic carbocycles. The van der Waals surface area contributed by atoms with Crippen molar-refractivity contribution in [3.8, 4) is 0 Å². The summed E-state index contributed by atoms with van der Waals surface area (Å²) >= 11 is 0. The van der Waals surface area contributed by atoms with Gasteiger partial charge in [-0.25, -0.2) is 0 Å². The predicted molar refractivity (Wildman–Crippen MR) is 50.8 cm³/mol. The van der Waals surface area contributed by atoms with Gasteiger partial charge in [0.2, 0.25) is 5.91 Å². The summed E-state index contributed by atoms with van der Waals surface area (Å²) in [5, 5.41) is 19.7. The van der Waals surface area contributed by atoms with Gasteiger partial charge in [-0.15, -0.1) is 0 Å². The largest absolute Gasteiger partial charge is 0.481 e. The lowest BCUT2D eigenvalue weighted by Crippen LogP contribution is -2.35. The summed E-state index contributed by atoms with van der Waals surface area (Å²) in [4.78, 5) is 21.3. The number of carboxylic acids is 1. The quantitative estimate of drug-likeness (QED) is 0.549. The topological polar surface area (TPSA) is 86.6 Å². The zero-order chi connectivity index (χ0) is 11.0. The zero-order valence-electron chi connectivity index (χ0n) is 8.32. The molecule has 0 fully saturated rings. The number of rotatable bonds is 7. The highest BCUT2D eigenvalue weighted by Crippen LogP contribution is 1.98. The molecule has 0 aromatic heterocycles. The number of aliphatic hydroxyl groups is 1. The lowest BCUT2D eigenvalue weighted by Gasteiger charge is -2.15. The van der Waals surface area contributed by atoms with E-state index in [1.807, 2.05) is 6.92 Å². The van der Waals surface area contributed by atoms with E-state index in [9.17, 15) is 9.59 Å². The van der Waals surface area contributed by atoms with Gasteiger partial charge in [-0.2, -0.15) is 0 Å². The van der Waals surface area contributed by atoms with Gasteiger partial charge >= 0.3 is 5.97 Å². The summed E-state index contributed by atoms with van der Waals surface area (Å²) in [6.45, 7) is 1.93. The van der Waals surface area contributed by atoms with Crippen LogP contribution < -0.4 is 5.32 Å². The minimum absolute atomic E-state index is 0.00272. The van der Waals surface area contributed by atoms with Gasteiger partial charge in [0.25, 0.3) is 0 Å². The number of carboxylic acid groups (broad SMARTS) is 1. The minimum atomic E-state index is -0.977. The molecule has 0 rings (SSSR count). The number of hydrogen-bond donors (Lipinski definition) is 3. The Bertz CT molecular complexity index is 193. The molecule has 0 radical (unpaired) electrons. The maximum atomic E-state index is 11.1. The summed E-state index contributed by atoms with van der Waals surface area (Å²) in [5.41, 5.74) is 0. The number of nitrogens with one attached hydrogen (secondary N) is 1. The molecule has 5 heteroatoms. The third kappa shape index (κ3) is 6.42. The number of hydrogen-bond acceptors (Lipinski definition) is 3. The minimum Gasteiger partial charge on any atom is -0.481 e. The van der Waals surface area contributed by atoms with Crippen LogP contribution in [-0.2, 0) is 9.59 Å². The van der Waals surface area contributed by atoms with Crippen molar-refractivity contribution in [2.24, 2.45) is 0 Å². The first-order valence-corrected chi connectivity index (χ1v) is 4.72. The molecular formula is C9H17NO4. The van der Waals surface area contributed by atoms with E-state index in [1.54, 1.807) is 0 Å². The number of carbonyl (C=O) groups is 2. The average molecular weight is 203 g/mol. The maximum Gasteiger partial charge on any atom is 0.303 e. The molecule has 14 heavy (non-hydrogen) atoms. The Morgan fingerprint density at radius 2 is 2.00 bits per heavy atom. The van der Waals surface area contributed by atoms with E-state index in [0.717, 1.165) is 6.42 Å². The summed E-state index contributed by atoms with van der Waals surface area (Å²) in [7, 11) is 0. The standard InChI is InChI=1S/C9H17NO4/c1-2-7(5-6-11)10-8(12)3-4-9(13)14/h7,11H,2-6H2,1H3,(H,10,12)(H,13,14). The lowest BCUT2D eigenvalue weighted by atomic mass is 10.1. The van der Waals surface area contributed by atoms with Gasteiger partial charge in [0.15, 0.2) is 0 Å². The van der Waals surface area contributed by atoms with Crippen molar-refractivity contribution in [1.29, 1.82) is 0 Å². The van der Waals surface area contributed by atoms with Gasteiger partial charge in [-0.05, 0) is 12.8 Å². The Morgan fingerprint density at radius 3 is 2.43 bits per heavy atom. The highest BCUT2D eigenvalue weighted by atomic mass is 16.4. The number of carbonyl (C=O) groups excluding carboxylic acids is 1. The number of amides is 1. The second-order valence-corrected chi connectivity index (χ2v) is 3.08. The Labute approximate surface area is 83.1 Å². The first kappa shape index (κ1) is 12.9. The molecule has 82 valence electrons. The van der Waals surface area contributed by atoms with E-state index in [2.05, 4.69) is 5.32 Å². The highest BCUT2D eigenvalue weighted by molar-refractivity contribution is 5.80. The van der Waals surface area contributed by atoms with Gasteiger partial charge in [-0.3, -0.25) is 9.59 Å². The number of aliphatic carboxylic acids is 1. The van der Waals surface area contributed by atoms with Crippen LogP contribution in [0.3, 0.4) is 0 Å². The average Bonchev–Trinajstić information content (AvgIpc) is 2.14. The molecule has 0 aliphatic heterocycles. The van der Waals surface area contributed by atoms with Crippen LogP contribution in [0, 0.1) is 0 Å². The van der Waals surface area contributed by atoms with Gasteiger partial charge in [0, 0.05) is 19.1 Å². The molecule has 0 aliphatic carbocycles. The van der Waals surface area contributed by atoms with Crippen LogP contribution in [0.5, 0.6) is 0 Å². The summed E-state index contributed by atoms with van der Waals surface area (Å²) in [6.07, 6.45) is 1.09.